The molecule has 1 saturated heterocycles. The molecule has 4 rings (SSSR count). The van der Waals surface area contributed by atoms with Crippen molar-refractivity contribution in [2.45, 2.75) is 26.2 Å². The molecular formula is C21H23N3O3S2. The van der Waals surface area contributed by atoms with Crippen LogP contribution in [0.15, 0.2) is 40.3 Å². The Balaban J connectivity index is 1.26. The number of carbonyl (C=O) groups excluding carboxylic acids is 2. The third-order valence-corrected chi connectivity index (χ3v) is 6.96. The molecular weight excluding hydrogens is 406 g/mol. The average molecular weight is 430 g/mol. The Bertz CT molecular complexity index is 977. The molecule has 4 heterocycles. The van der Waals surface area contributed by atoms with E-state index in [1.807, 2.05) is 6.92 Å². The highest BCUT2D eigenvalue weighted by Gasteiger charge is 2.29. The summed E-state index contributed by atoms with van der Waals surface area (Å²) in [5.74, 6) is 0.0409. The largest absolute Gasteiger partial charge is 0.459 e. The summed E-state index contributed by atoms with van der Waals surface area (Å²) < 4.78 is 5.20. The lowest BCUT2D eigenvalue weighted by Crippen LogP contribution is -2.45. The monoisotopic (exact) mass is 429 g/mol. The summed E-state index contributed by atoms with van der Waals surface area (Å²) in [6, 6.07) is 7.56. The number of furan rings is 1. The van der Waals surface area contributed by atoms with E-state index in [1.165, 1.54) is 11.1 Å². The van der Waals surface area contributed by atoms with Gasteiger partial charge in [0.25, 0.3) is 5.91 Å². The molecule has 0 bridgehead atoms. The van der Waals surface area contributed by atoms with E-state index >= 15 is 0 Å². The fourth-order valence-electron chi connectivity index (χ4n) is 3.51. The van der Waals surface area contributed by atoms with Crippen molar-refractivity contribution < 1.29 is 14.0 Å². The molecule has 1 fully saturated rings. The highest BCUT2D eigenvalue weighted by Crippen LogP contribution is 2.29. The van der Waals surface area contributed by atoms with E-state index in [2.05, 4.69) is 27.8 Å². The summed E-state index contributed by atoms with van der Waals surface area (Å²) >= 11 is 3.37. The number of piperidine rings is 1. The molecule has 152 valence electrons. The Labute approximate surface area is 177 Å². The van der Waals surface area contributed by atoms with E-state index in [9.17, 15) is 9.59 Å². The smallest absolute Gasteiger partial charge is 0.289 e. The predicted molar refractivity (Wildman–Crippen MR) is 114 cm³/mol. The Morgan fingerprint density at radius 1 is 1.34 bits per heavy atom. The van der Waals surface area contributed by atoms with E-state index in [4.69, 9.17) is 4.42 Å². The maximum absolute atomic E-state index is 12.6. The summed E-state index contributed by atoms with van der Waals surface area (Å²) in [6.45, 7) is 3.71. The van der Waals surface area contributed by atoms with Gasteiger partial charge in [0.2, 0.25) is 5.91 Å². The third kappa shape index (κ3) is 4.76. The zero-order chi connectivity index (χ0) is 20.2. The lowest BCUT2D eigenvalue weighted by molar-refractivity contribution is -0.126. The zero-order valence-corrected chi connectivity index (χ0v) is 17.9. The maximum Gasteiger partial charge on any atom is 0.289 e. The molecule has 0 spiro atoms. The molecule has 2 amide bonds. The van der Waals surface area contributed by atoms with E-state index < -0.39 is 0 Å². The Morgan fingerprint density at radius 2 is 2.24 bits per heavy atom. The standard InChI is InChI=1S/C21H23N3O3S2/c1-14-23-17(13-28-14)19-7-6-16(29-19)8-9-22-20(25)15-4-2-10-24(12-15)21(26)18-5-3-11-27-18/h3,5-7,11,13,15H,2,4,8-10,12H2,1H3,(H,22,25). The first-order valence-electron chi connectivity index (χ1n) is 9.72. The first-order chi connectivity index (χ1) is 14.1. The number of carbonyl (C=O) groups is 2. The maximum atomic E-state index is 12.6. The molecule has 1 N–H and O–H groups in total. The highest BCUT2D eigenvalue weighted by molar-refractivity contribution is 7.16. The molecule has 8 heteroatoms. The van der Waals surface area contributed by atoms with Gasteiger partial charge in [-0.3, -0.25) is 9.59 Å². The van der Waals surface area contributed by atoms with Crippen LogP contribution < -0.4 is 5.32 Å². The van der Waals surface area contributed by atoms with Crippen LogP contribution in [0.3, 0.4) is 0 Å². The number of hydrogen-bond donors (Lipinski definition) is 1. The van der Waals surface area contributed by atoms with Crippen LogP contribution >= 0.6 is 22.7 Å². The summed E-state index contributed by atoms with van der Waals surface area (Å²) in [4.78, 5) is 33.7. The van der Waals surface area contributed by atoms with Gasteiger partial charge in [0, 0.05) is 29.9 Å². The Morgan fingerprint density at radius 3 is 3.00 bits per heavy atom. The third-order valence-electron chi connectivity index (χ3n) is 5.02. The van der Waals surface area contributed by atoms with Gasteiger partial charge in [-0.15, -0.1) is 22.7 Å². The normalized spacial score (nSPS) is 16.7. The fourth-order valence-corrected chi connectivity index (χ4v) is 5.17. The number of hydrogen-bond acceptors (Lipinski definition) is 6. The Kier molecular flexibility index (Phi) is 6.10. The minimum absolute atomic E-state index is 0.0221. The molecule has 1 aliphatic heterocycles. The lowest BCUT2D eigenvalue weighted by Gasteiger charge is -2.31. The predicted octanol–water partition coefficient (Wildman–Crippen LogP) is 3.98. The molecule has 0 aromatic carbocycles. The van der Waals surface area contributed by atoms with E-state index in [-0.39, 0.29) is 17.7 Å². The molecule has 0 radical (unpaired) electrons. The van der Waals surface area contributed by atoms with E-state index in [1.54, 1.807) is 39.7 Å². The molecule has 0 aliphatic carbocycles. The number of thiazole rings is 1. The van der Waals surface area contributed by atoms with Crippen LogP contribution in [-0.2, 0) is 11.2 Å². The van der Waals surface area contributed by atoms with Gasteiger partial charge >= 0.3 is 0 Å². The number of nitrogens with zero attached hydrogens (tertiary/aromatic N) is 2. The zero-order valence-electron chi connectivity index (χ0n) is 16.2. The number of aryl methyl sites for hydroxylation is 1. The number of thiophene rings is 1. The van der Waals surface area contributed by atoms with Crippen LogP contribution in [-0.4, -0.2) is 41.3 Å². The number of likely N-dealkylation sites (tertiary alicyclic amines) is 1. The van der Waals surface area contributed by atoms with E-state index in [0.29, 0.717) is 25.4 Å². The second-order valence-corrected chi connectivity index (χ2v) is 9.36. The Hall–Kier alpha value is -2.45. The number of rotatable bonds is 6. The van der Waals surface area contributed by atoms with Crippen molar-refractivity contribution >= 4 is 34.5 Å². The minimum Gasteiger partial charge on any atom is -0.459 e. The van der Waals surface area contributed by atoms with Crippen molar-refractivity contribution in [1.29, 1.82) is 0 Å². The topological polar surface area (TPSA) is 75.4 Å². The van der Waals surface area contributed by atoms with Gasteiger partial charge in [-0.2, -0.15) is 0 Å². The molecule has 6 nitrogen and oxygen atoms in total. The van der Waals surface area contributed by atoms with Gasteiger partial charge in [-0.25, -0.2) is 4.98 Å². The second kappa shape index (κ2) is 8.92. The van der Waals surface area contributed by atoms with Crippen LogP contribution in [0.5, 0.6) is 0 Å². The first kappa shape index (κ1) is 19.8. The van der Waals surface area contributed by atoms with Gasteiger partial charge in [0.1, 0.15) is 0 Å². The summed E-state index contributed by atoms with van der Waals surface area (Å²) in [7, 11) is 0. The molecule has 1 unspecified atom stereocenters. The highest BCUT2D eigenvalue weighted by atomic mass is 32.1. The molecule has 0 saturated carbocycles. The van der Waals surface area contributed by atoms with Crippen LogP contribution in [0.25, 0.3) is 10.6 Å². The fraction of sp³-hybridized carbons (Fsp3) is 0.381. The molecule has 1 atom stereocenters. The quantitative estimate of drug-likeness (QED) is 0.643. The second-order valence-electron chi connectivity index (χ2n) is 7.13. The summed E-state index contributed by atoms with van der Waals surface area (Å²) in [5, 5.41) is 6.18. The molecule has 3 aromatic heterocycles. The van der Waals surface area contributed by atoms with Gasteiger partial charge < -0.3 is 14.6 Å². The first-order valence-corrected chi connectivity index (χ1v) is 11.4. The van der Waals surface area contributed by atoms with Crippen molar-refractivity contribution in [1.82, 2.24) is 15.2 Å². The van der Waals surface area contributed by atoms with Crippen molar-refractivity contribution in [3.63, 3.8) is 0 Å². The number of aromatic nitrogens is 1. The SMILES string of the molecule is Cc1nc(-c2ccc(CCNC(=O)C3CCCN(C(=O)c4ccco4)C3)s2)cs1. The molecule has 29 heavy (non-hydrogen) atoms. The van der Waals surface area contributed by atoms with E-state index in [0.717, 1.165) is 34.8 Å². The average Bonchev–Trinajstić information content (AvgIpc) is 3.49. The van der Waals surface area contributed by atoms with Crippen molar-refractivity contribution in [2.24, 2.45) is 5.92 Å². The minimum atomic E-state index is -0.167. The van der Waals surface area contributed by atoms with Crippen molar-refractivity contribution in [3.05, 3.63) is 51.6 Å². The van der Waals surface area contributed by atoms with Crippen LogP contribution in [0.2, 0.25) is 0 Å². The van der Waals surface area contributed by atoms with Crippen molar-refractivity contribution in [3.8, 4) is 10.6 Å². The van der Waals surface area contributed by atoms with Crippen LogP contribution in [0, 0.1) is 12.8 Å². The molecule has 3 aromatic rings. The number of amides is 2. The number of nitrogens with one attached hydrogen (secondary N) is 1. The summed E-state index contributed by atoms with van der Waals surface area (Å²) in [5.41, 5.74) is 1.02. The van der Waals surface area contributed by atoms with Gasteiger partial charge in [-0.05, 0) is 50.5 Å². The van der Waals surface area contributed by atoms with Gasteiger partial charge in [-0.1, -0.05) is 0 Å². The van der Waals surface area contributed by atoms with Gasteiger partial charge in [0.15, 0.2) is 5.76 Å². The lowest BCUT2D eigenvalue weighted by atomic mass is 9.97. The van der Waals surface area contributed by atoms with Gasteiger partial charge in [0.05, 0.1) is 27.8 Å². The van der Waals surface area contributed by atoms with Crippen LogP contribution in [0.4, 0.5) is 0 Å². The van der Waals surface area contributed by atoms with Crippen LogP contribution in [0.1, 0.15) is 33.3 Å². The summed E-state index contributed by atoms with van der Waals surface area (Å²) in [6.07, 6.45) is 3.92. The van der Waals surface area contributed by atoms with Crippen molar-refractivity contribution in [2.75, 3.05) is 19.6 Å². The molecule has 1 aliphatic rings.